The van der Waals surface area contributed by atoms with Gasteiger partial charge in [0.2, 0.25) is 0 Å². The maximum atomic E-state index is 13.5. The number of hydrogen-bond donors (Lipinski definition) is 1. The lowest BCUT2D eigenvalue weighted by molar-refractivity contribution is 0.102. The lowest BCUT2D eigenvalue weighted by Crippen LogP contribution is -2.13. The van der Waals surface area contributed by atoms with Crippen LogP contribution in [-0.4, -0.2) is 5.91 Å². The molecule has 0 fully saturated rings. The number of benzene rings is 2. The Balaban J connectivity index is 2.22. The molecule has 0 atom stereocenters. The number of nitrogens with one attached hydrogen (secondary N) is 1. The third-order valence-electron chi connectivity index (χ3n) is 2.26. The Kier molecular flexibility index (Phi) is 3.84. The van der Waals surface area contributed by atoms with Crippen molar-refractivity contribution in [1.82, 2.24) is 0 Å². The van der Waals surface area contributed by atoms with Crippen LogP contribution in [-0.2, 0) is 0 Å². The van der Waals surface area contributed by atoms with Gasteiger partial charge >= 0.3 is 0 Å². The van der Waals surface area contributed by atoms with Gasteiger partial charge < -0.3 is 5.32 Å². The third kappa shape index (κ3) is 3.00. The minimum atomic E-state index is -0.665. The van der Waals surface area contributed by atoms with Gasteiger partial charge in [0.05, 0.1) is 5.56 Å². The highest BCUT2D eigenvalue weighted by Gasteiger charge is 2.12. The van der Waals surface area contributed by atoms with Crippen molar-refractivity contribution in [3.05, 3.63) is 63.9 Å². The molecule has 0 aromatic heterocycles. The number of hydrogen-bond acceptors (Lipinski definition) is 1. The minimum absolute atomic E-state index is 0.0700. The van der Waals surface area contributed by atoms with E-state index in [2.05, 4.69) is 5.32 Å². The van der Waals surface area contributed by atoms with E-state index in [1.165, 1.54) is 12.1 Å². The lowest BCUT2D eigenvalue weighted by Gasteiger charge is -2.06. The fourth-order valence-electron chi connectivity index (χ4n) is 1.44. The van der Waals surface area contributed by atoms with Gasteiger partial charge in [-0.1, -0.05) is 29.3 Å². The van der Waals surface area contributed by atoms with Crippen LogP contribution in [0.4, 0.5) is 10.1 Å². The van der Waals surface area contributed by atoms with Crippen molar-refractivity contribution < 1.29 is 9.18 Å². The Morgan fingerprint density at radius 1 is 1.06 bits per heavy atom. The Morgan fingerprint density at radius 2 is 1.78 bits per heavy atom. The average Bonchev–Trinajstić information content (AvgIpc) is 2.28. The number of carbonyl (C=O) groups excluding carboxylic acids is 1. The Morgan fingerprint density at radius 3 is 2.44 bits per heavy atom. The van der Waals surface area contributed by atoms with Crippen molar-refractivity contribution in [2.45, 2.75) is 0 Å². The highest BCUT2D eigenvalue weighted by Crippen LogP contribution is 2.18. The van der Waals surface area contributed by atoms with Crippen LogP contribution in [0, 0.1) is 5.82 Å². The molecule has 0 saturated heterocycles. The van der Waals surface area contributed by atoms with Gasteiger partial charge in [0, 0.05) is 15.7 Å². The molecule has 0 aliphatic heterocycles. The first-order valence-corrected chi connectivity index (χ1v) is 5.84. The third-order valence-corrected chi connectivity index (χ3v) is 2.73. The van der Waals surface area contributed by atoms with Gasteiger partial charge in [-0.05, 0) is 36.4 Å². The van der Waals surface area contributed by atoms with Crippen molar-refractivity contribution in [1.29, 1.82) is 0 Å². The van der Waals surface area contributed by atoms with E-state index in [1.807, 2.05) is 0 Å². The molecule has 0 spiro atoms. The van der Waals surface area contributed by atoms with Crippen LogP contribution in [0.3, 0.4) is 0 Å². The summed E-state index contributed by atoms with van der Waals surface area (Å²) in [6.45, 7) is 0. The summed E-state index contributed by atoms with van der Waals surface area (Å²) in [4.78, 5) is 11.8. The maximum absolute atomic E-state index is 13.5. The molecule has 5 heteroatoms. The van der Waals surface area contributed by atoms with Crippen LogP contribution >= 0.6 is 23.2 Å². The molecule has 92 valence electrons. The van der Waals surface area contributed by atoms with Gasteiger partial charge in [-0.3, -0.25) is 4.79 Å². The van der Waals surface area contributed by atoms with Crippen LogP contribution in [0.15, 0.2) is 42.5 Å². The van der Waals surface area contributed by atoms with Crippen molar-refractivity contribution in [3.63, 3.8) is 0 Å². The van der Waals surface area contributed by atoms with Crippen LogP contribution in [0.2, 0.25) is 10.0 Å². The first kappa shape index (κ1) is 12.9. The van der Waals surface area contributed by atoms with Crippen LogP contribution < -0.4 is 5.32 Å². The van der Waals surface area contributed by atoms with E-state index in [1.54, 1.807) is 24.3 Å². The number of rotatable bonds is 2. The Bertz CT molecular complexity index is 601. The molecule has 0 aliphatic carbocycles. The summed E-state index contributed by atoms with van der Waals surface area (Å²) in [5.74, 6) is -1.21. The van der Waals surface area contributed by atoms with E-state index in [9.17, 15) is 9.18 Å². The van der Waals surface area contributed by atoms with Crippen molar-refractivity contribution in [2.24, 2.45) is 0 Å². The Labute approximate surface area is 113 Å². The minimum Gasteiger partial charge on any atom is -0.322 e. The number of anilines is 1. The number of carbonyl (C=O) groups is 1. The van der Waals surface area contributed by atoms with Crippen molar-refractivity contribution >= 4 is 34.8 Å². The van der Waals surface area contributed by atoms with Crippen LogP contribution in [0.25, 0.3) is 0 Å². The van der Waals surface area contributed by atoms with E-state index in [-0.39, 0.29) is 10.6 Å². The molecular formula is C13H8Cl2FNO. The summed E-state index contributed by atoms with van der Waals surface area (Å²) >= 11 is 11.4. The van der Waals surface area contributed by atoms with E-state index in [0.29, 0.717) is 10.7 Å². The summed E-state index contributed by atoms with van der Waals surface area (Å²) in [5.41, 5.74) is 0.432. The molecule has 1 amide bonds. The molecule has 2 rings (SSSR count). The predicted octanol–water partition coefficient (Wildman–Crippen LogP) is 4.38. The normalized spacial score (nSPS) is 10.2. The molecule has 2 aromatic rings. The summed E-state index contributed by atoms with van der Waals surface area (Å²) in [6, 6.07) is 10.5. The van der Waals surface area contributed by atoms with Crippen LogP contribution in [0.5, 0.6) is 0 Å². The van der Waals surface area contributed by atoms with Gasteiger partial charge in [-0.15, -0.1) is 0 Å². The molecule has 0 aliphatic rings. The van der Waals surface area contributed by atoms with Crippen molar-refractivity contribution in [2.75, 3.05) is 5.32 Å². The molecule has 0 saturated carbocycles. The van der Waals surface area contributed by atoms with E-state index >= 15 is 0 Å². The standard InChI is InChI=1S/C13H8Cl2FNO/c14-8-2-1-3-10(6-8)17-13(18)11-5-4-9(15)7-12(11)16/h1-7H,(H,17,18). The van der Waals surface area contributed by atoms with Gasteiger partial charge in [0.25, 0.3) is 5.91 Å². The lowest BCUT2D eigenvalue weighted by atomic mass is 10.2. The monoisotopic (exact) mass is 283 g/mol. The number of halogens is 3. The maximum Gasteiger partial charge on any atom is 0.258 e. The van der Waals surface area contributed by atoms with Gasteiger partial charge in [-0.2, -0.15) is 0 Å². The second-order valence-corrected chi connectivity index (χ2v) is 4.46. The average molecular weight is 284 g/mol. The largest absolute Gasteiger partial charge is 0.322 e. The SMILES string of the molecule is O=C(Nc1cccc(Cl)c1)c1ccc(Cl)cc1F. The van der Waals surface area contributed by atoms with Gasteiger partial charge in [0.1, 0.15) is 5.82 Å². The highest BCUT2D eigenvalue weighted by atomic mass is 35.5. The predicted molar refractivity (Wildman–Crippen MR) is 70.8 cm³/mol. The smallest absolute Gasteiger partial charge is 0.258 e. The van der Waals surface area contributed by atoms with Gasteiger partial charge in [-0.25, -0.2) is 4.39 Å². The summed E-state index contributed by atoms with van der Waals surface area (Å²) in [5, 5.41) is 3.29. The number of amides is 1. The molecule has 1 N–H and O–H groups in total. The molecule has 18 heavy (non-hydrogen) atoms. The zero-order valence-corrected chi connectivity index (χ0v) is 10.6. The Hall–Kier alpha value is -1.58. The highest BCUT2D eigenvalue weighted by molar-refractivity contribution is 6.31. The van der Waals surface area contributed by atoms with Gasteiger partial charge in [0.15, 0.2) is 0 Å². The molecule has 2 aromatic carbocycles. The second kappa shape index (κ2) is 5.38. The molecular weight excluding hydrogens is 276 g/mol. The summed E-state index contributed by atoms with van der Waals surface area (Å²) in [7, 11) is 0. The molecule has 0 radical (unpaired) electrons. The second-order valence-electron chi connectivity index (χ2n) is 3.59. The molecule has 0 unspecified atom stereocenters. The van der Waals surface area contributed by atoms with E-state index < -0.39 is 11.7 Å². The quantitative estimate of drug-likeness (QED) is 0.870. The first-order chi connectivity index (χ1) is 8.56. The fraction of sp³-hybridized carbons (Fsp3) is 0. The van der Waals surface area contributed by atoms with E-state index in [4.69, 9.17) is 23.2 Å². The molecule has 0 bridgehead atoms. The van der Waals surface area contributed by atoms with E-state index in [0.717, 1.165) is 6.07 Å². The van der Waals surface area contributed by atoms with Crippen LogP contribution in [0.1, 0.15) is 10.4 Å². The van der Waals surface area contributed by atoms with Crippen molar-refractivity contribution in [3.8, 4) is 0 Å². The topological polar surface area (TPSA) is 29.1 Å². The summed E-state index contributed by atoms with van der Waals surface area (Å²) in [6.07, 6.45) is 0. The molecule has 0 heterocycles. The fourth-order valence-corrected chi connectivity index (χ4v) is 1.79. The zero-order chi connectivity index (χ0) is 13.1. The molecule has 2 nitrogen and oxygen atoms in total. The zero-order valence-electron chi connectivity index (χ0n) is 9.08. The first-order valence-electron chi connectivity index (χ1n) is 5.08. The summed E-state index contributed by atoms with van der Waals surface area (Å²) < 4.78 is 13.5.